The average molecular weight is 590 g/mol. The first-order chi connectivity index (χ1) is 19.5. The number of pyridine rings is 1. The smallest absolute Gasteiger partial charge is 0.251 e. The van der Waals surface area contributed by atoms with Crippen molar-refractivity contribution in [3.05, 3.63) is 24.2 Å². The van der Waals surface area contributed by atoms with Crippen molar-refractivity contribution in [1.29, 1.82) is 0 Å². The third-order valence-electron chi connectivity index (χ3n) is 8.17. The highest BCUT2D eigenvalue weighted by Gasteiger charge is 2.45. The minimum absolute atomic E-state index is 0.111. The summed E-state index contributed by atoms with van der Waals surface area (Å²) in [6.45, 7) is 3.14. The van der Waals surface area contributed by atoms with Gasteiger partial charge < -0.3 is 20.2 Å². The molecule has 12 nitrogen and oxygen atoms in total. The van der Waals surface area contributed by atoms with E-state index in [2.05, 4.69) is 34.9 Å². The number of rotatable bonds is 8. The first-order valence-corrected chi connectivity index (χ1v) is 15.5. The fourth-order valence-electron chi connectivity index (χ4n) is 5.55. The summed E-state index contributed by atoms with van der Waals surface area (Å²) in [5.74, 6) is -1.22. The number of hydrogen-bond acceptors (Lipinski definition) is 11. The van der Waals surface area contributed by atoms with Crippen molar-refractivity contribution in [3.8, 4) is 0 Å². The zero-order valence-corrected chi connectivity index (χ0v) is 23.6. The zero-order valence-electron chi connectivity index (χ0n) is 22.8. The van der Waals surface area contributed by atoms with Crippen LogP contribution in [0.15, 0.2) is 18.5 Å². The molecule has 2 saturated heterocycles. The first-order valence-electron chi connectivity index (χ1n) is 13.8. The molecular weight excluding hydrogens is 556 g/mol. The molecule has 5 heterocycles. The number of alkyl halides is 2. The van der Waals surface area contributed by atoms with Gasteiger partial charge >= 0.3 is 0 Å². The fraction of sp³-hybridized carbons (Fsp3) is 0.577. The van der Waals surface area contributed by atoms with Gasteiger partial charge in [-0.3, -0.25) is 4.72 Å². The van der Waals surface area contributed by atoms with Crippen LogP contribution in [-0.2, 0) is 10.0 Å². The van der Waals surface area contributed by atoms with Crippen molar-refractivity contribution in [1.82, 2.24) is 24.9 Å². The number of aromatic nitrogens is 5. The SMILES string of the molecule is Cc1cc(Nc2ncnc3cc(NS(=O)(=O)CCO)nc(N4CCC5(CC4)CC5)c23)nc(N2CCC(F)(F)CC2)n1. The molecule has 6 rings (SSSR count). The van der Waals surface area contributed by atoms with E-state index in [0.717, 1.165) is 25.9 Å². The molecule has 0 amide bonds. The number of fused-ring (bicyclic) bond motifs is 1. The molecule has 0 radical (unpaired) electrons. The van der Waals surface area contributed by atoms with Gasteiger partial charge in [-0.15, -0.1) is 0 Å². The lowest BCUT2D eigenvalue weighted by Gasteiger charge is -2.34. The summed E-state index contributed by atoms with van der Waals surface area (Å²) in [7, 11) is -3.80. The minimum atomic E-state index is -3.80. The largest absolute Gasteiger partial charge is 0.395 e. The van der Waals surface area contributed by atoms with Crippen LogP contribution in [-0.4, -0.2) is 82.9 Å². The van der Waals surface area contributed by atoms with Gasteiger partial charge in [0.05, 0.1) is 23.3 Å². The van der Waals surface area contributed by atoms with Crippen LogP contribution in [0.5, 0.6) is 0 Å². The van der Waals surface area contributed by atoms with Gasteiger partial charge in [0.1, 0.15) is 29.6 Å². The Balaban J connectivity index is 1.36. The molecule has 15 heteroatoms. The lowest BCUT2D eigenvalue weighted by atomic mass is 9.93. The van der Waals surface area contributed by atoms with E-state index >= 15 is 0 Å². The molecule has 41 heavy (non-hydrogen) atoms. The lowest BCUT2D eigenvalue weighted by molar-refractivity contribution is -0.0222. The van der Waals surface area contributed by atoms with Gasteiger partial charge in [0.25, 0.3) is 5.92 Å². The van der Waals surface area contributed by atoms with E-state index in [-0.39, 0.29) is 31.7 Å². The zero-order chi connectivity index (χ0) is 28.8. The molecule has 0 atom stereocenters. The lowest BCUT2D eigenvalue weighted by Crippen LogP contribution is -2.40. The molecule has 3 fully saturated rings. The Kier molecular flexibility index (Phi) is 7.04. The quantitative estimate of drug-likeness (QED) is 0.356. The van der Waals surface area contributed by atoms with Gasteiger partial charge in [-0.2, -0.15) is 4.98 Å². The first kappa shape index (κ1) is 27.7. The van der Waals surface area contributed by atoms with E-state index < -0.39 is 28.3 Å². The van der Waals surface area contributed by atoms with E-state index in [1.54, 1.807) is 11.0 Å². The van der Waals surface area contributed by atoms with Gasteiger partial charge in [-0.25, -0.2) is 37.1 Å². The van der Waals surface area contributed by atoms with E-state index in [4.69, 9.17) is 10.1 Å². The van der Waals surface area contributed by atoms with Crippen LogP contribution in [0.2, 0.25) is 0 Å². The molecule has 0 unspecified atom stereocenters. The van der Waals surface area contributed by atoms with Gasteiger partial charge in [0.2, 0.25) is 16.0 Å². The summed E-state index contributed by atoms with van der Waals surface area (Å²) in [5.41, 5.74) is 1.56. The monoisotopic (exact) mass is 589 g/mol. The number of aliphatic hydroxyl groups is 1. The van der Waals surface area contributed by atoms with Crippen LogP contribution in [0.4, 0.5) is 38.0 Å². The summed E-state index contributed by atoms with van der Waals surface area (Å²) < 4.78 is 54.8. The summed E-state index contributed by atoms with van der Waals surface area (Å²) in [6, 6.07) is 3.29. The number of halogens is 2. The number of piperidine rings is 2. The maximum Gasteiger partial charge on any atom is 0.251 e. The van der Waals surface area contributed by atoms with E-state index in [1.807, 2.05) is 6.92 Å². The van der Waals surface area contributed by atoms with E-state index in [0.29, 0.717) is 45.4 Å². The van der Waals surface area contributed by atoms with Crippen molar-refractivity contribution in [3.63, 3.8) is 0 Å². The average Bonchev–Trinajstić information content (AvgIpc) is 3.66. The van der Waals surface area contributed by atoms with Gasteiger partial charge in [-0.05, 0) is 38.0 Å². The van der Waals surface area contributed by atoms with Crippen molar-refractivity contribution < 1.29 is 22.3 Å². The molecule has 1 aliphatic carbocycles. The van der Waals surface area contributed by atoms with Gasteiger partial charge in [-0.1, -0.05) is 0 Å². The standard InChI is InChI=1S/C26H33F2N9O3S/c1-17-14-19(34-24(31-17)37-10-6-26(27,28)7-11-37)32-22-21-18(29-16-30-22)15-20(35-41(39,40)13-12-38)33-23(21)36-8-4-25(2-3-25)5-9-36/h14-16,38H,2-13H2,1H3,(H,33,35)(H,29,30,31,32,34). The number of nitrogens with one attached hydrogen (secondary N) is 2. The number of anilines is 5. The number of sulfonamides is 1. The van der Waals surface area contributed by atoms with Crippen LogP contribution in [0, 0.1) is 12.3 Å². The second-order valence-electron chi connectivity index (χ2n) is 11.2. The van der Waals surface area contributed by atoms with Crippen LogP contribution < -0.4 is 19.8 Å². The Hall–Kier alpha value is -3.46. The molecule has 1 saturated carbocycles. The van der Waals surface area contributed by atoms with Crippen molar-refractivity contribution in [2.45, 2.75) is 51.4 Å². The Labute approximate surface area is 236 Å². The Morgan fingerprint density at radius 1 is 0.927 bits per heavy atom. The Morgan fingerprint density at radius 2 is 1.63 bits per heavy atom. The summed E-state index contributed by atoms with van der Waals surface area (Å²) in [5, 5.41) is 13.0. The molecule has 0 aromatic carbocycles. The molecule has 2 aliphatic heterocycles. The van der Waals surface area contributed by atoms with Crippen LogP contribution in [0.25, 0.3) is 10.9 Å². The Bertz CT molecular complexity index is 1550. The second-order valence-corrected chi connectivity index (χ2v) is 13.1. The number of aryl methyl sites for hydroxylation is 1. The molecule has 3 aromatic rings. The van der Waals surface area contributed by atoms with E-state index in [1.165, 1.54) is 25.2 Å². The van der Waals surface area contributed by atoms with Gasteiger partial charge in [0.15, 0.2) is 0 Å². The maximum atomic E-state index is 13.7. The van der Waals surface area contributed by atoms with Crippen LogP contribution in [0.3, 0.4) is 0 Å². The van der Waals surface area contributed by atoms with Crippen molar-refractivity contribution in [2.24, 2.45) is 5.41 Å². The predicted molar refractivity (Wildman–Crippen MR) is 151 cm³/mol. The van der Waals surface area contributed by atoms with E-state index in [9.17, 15) is 17.2 Å². The van der Waals surface area contributed by atoms with Crippen LogP contribution >= 0.6 is 0 Å². The molecular formula is C26H33F2N9O3S. The van der Waals surface area contributed by atoms with Crippen LogP contribution in [0.1, 0.15) is 44.2 Å². The normalized spacial score (nSPS) is 19.9. The predicted octanol–water partition coefficient (Wildman–Crippen LogP) is 3.22. The molecule has 3 aromatic heterocycles. The maximum absolute atomic E-state index is 13.7. The van der Waals surface area contributed by atoms with Gasteiger partial charge in [0, 0.05) is 56.8 Å². The highest BCUT2D eigenvalue weighted by Crippen LogP contribution is 2.54. The fourth-order valence-corrected chi connectivity index (χ4v) is 6.32. The number of hydrogen-bond donors (Lipinski definition) is 3. The molecule has 220 valence electrons. The van der Waals surface area contributed by atoms with Crippen molar-refractivity contribution >= 4 is 50.1 Å². The topological polar surface area (TPSA) is 149 Å². The second kappa shape index (κ2) is 10.4. The minimum Gasteiger partial charge on any atom is -0.395 e. The molecule has 3 N–H and O–H groups in total. The Morgan fingerprint density at radius 3 is 2.32 bits per heavy atom. The third kappa shape index (κ3) is 6.10. The number of nitrogens with zero attached hydrogens (tertiary/aromatic N) is 7. The third-order valence-corrected chi connectivity index (χ3v) is 9.41. The highest BCUT2D eigenvalue weighted by molar-refractivity contribution is 7.92. The number of aliphatic hydroxyl groups excluding tert-OH is 1. The molecule has 1 spiro atoms. The van der Waals surface area contributed by atoms with Crippen molar-refractivity contribution in [2.75, 3.05) is 58.4 Å². The highest BCUT2D eigenvalue weighted by atomic mass is 32.2. The molecule has 0 bridgehead atoms. The summed E-state index contributed by atoms with van der Waals surface area (Å²) >= 11 is 0. The summed E-state index contributed by atoms with van der Waals surface area (Å²) in [6.07, 6.45) is 5.39. The molecule has 3 aliphatic rings. The summed E-state index contributed by atoms with van der Waals surface area (Å²) in [4.78, 5) is 26.6.